The van der Waals surface area contributed by atoms with Gasteiger partial charge in [-0.1, -0.05) is 45.2 Å². The van der Waals surface area contributed by atoms with E-state index in [9.17, 15) is 0 Å². The summed E-state index contributed by atoms with van der Waals surface area (Å²) in [5, 5.41) is 11.7. The number of aromatic nitrogens is 5. The molecule has 8 heteroatoms. The van der Waals surface area contributed by atoms with Crippen LogP contribution in [0.25, 0.3) is 42.9 Å². The number of hydrogen-bond donors (Lipinski definition) is 4. The number of nitrogens with one attached hydrogen (secondary N) is 4. The Kier molecular flexibility index (Phi) is 5.62. The number of fused-ring (bicyclic) bond motifs is 2. The molecule has 0 aliphatic carbocycles. The Balaban J connectivity index is 1.74. The lowest BCUT2D eigenvalue weighted by molar-refractivity contribution is 0.351. The van der Waals surface area contributed by atoms with Gasteiger partial charge in [0.05, 0.1) is 28.6 Å². The lowest BCUT2D eigenvalue weighted by Gasteiger charge is -2.14. The van der Waals surface area contributed by atoms with Crippen molar-refractivity contribution in [3.05, 3.63) is 35.0 Å². The molecule has 4 N–H and O–H groups in total. The summed E-state index contributed by atoms with van der Waals surface area (Å²) in [5.41, 5.74) is 7.15. The van der Waals surface area contributed by atoms with Gasteiger partial charge < -0.3 is 0 Å². The number of nitrogens with zero attached hydrogens (tertiary/aromatic N) is 1. The van der Waals surface area contributed by atoms with Crippen molar-refractivity contribution in [2.45, 2.75) is 46.1 Å². The first-order valence-electron chi connectivity index (χ1n) is 10.6. The summed E-state index contributed by atoms with van der Waals surface area (Å²) in [4.78, 5) is 4.74. The van der Waals surface area contributed by atoms with E-state index < -0.39 is 0 Å². The van der Waals surface area contributed by atoms with Crippen LogP contribution < -0.4 is 0 Å². The van der Waals surface area contributed by atoms with Gasteiger partial charge in [0.15, 0.2) is 0 Å². The second-order valence-electron chi connectivity index (χ2n) is 7.76. The molecule has 158 valence electrons. The van der Waals surface area contributed by atoms with Crippen LogP contribution in [-0.2, 0) is 6.54 Å². The second kappa shape index (κ2) is 8.53. The highest BCUT2D eigenvalue weighted by Crippen LogP contribution is 2.43. The largest absolute Gasteiger partial charge is 0.294 e. The van der Waals surface area contributed by atoms with E-state index >= 15 is 0 Å². The first-order chi connectivity index (χ1) is 14.8. The van der Waals surface area contributed by atoms with Crippen molar-refractivity contribution in [2.75, 3.05) is 0 Å². The Morgan fingerprint density at radius 1 is 0.867 bits per heavy atom. The SMILES string of the molecule is CCCCC(CC)Cn1[nH]c2c(-c3cccs3)c3[nH]s[nH]c3c(-c3cccs3)c2[nH]1. The zero-order chi connectivity index (χ0) is 20.5. The highest BCUT2D eigenvalue weighted by atomic mass is 32.1. The number of hydrogen-bond acceptors (Lipinski definition) is 3. The standard InChI is InChI=1S/C22H27N5S3/c1-3-5-8-14(4-2)13-27-23-19-17(15-9-6-11-28-15)21-22(26-30-25-21)18(20(19)24-27)16-10-7-12-29-16/h6-7,9-12,14,23-26H,3-5,8,13H2,1-2H3. The summed E-state index contributed by atoms with van der Waals surface area (Å²) in [7, 11) is 0. The van der Waals surface area contributed by atoms with Gasteiger partial charge in [-0.25, -0.2) is 4.80 Å². The zero-order valence-electron chi connectivity index (χ0n) is 17.2. The molecule has 5 nitrogen and oxygen atoms in total. The maximum absolute atomic E-state index is 3.72. The van der Waals surface area contributed by atoms with Crippen molar-refractivity contribution >= 4 is 56.5 Å². The molecule has 4 aromatic heterocycles. The maximum atomic E-state index is 3.72. The van der Waals surface area contributed by atoms with Crippen LogP contribution in [-0.4, -0.2) is 23.7 Å². The van der Waals surface area contributed by atoms with E-state index in [1.54, 1.807) is 34.4 Å². The predicted molar refractivity (Wildman–Crippen MR) is 132 cm³/mol. The number of aromatic amines is 4. The van der Waals surface area contributed by atoms with Gasteiger partial charge in [0.1, 0.15) is 0 Å². The van der Waals surface area contributed by atoms with Gasteiger partial charge in [0, 0.05) is 32.6 Å². The lowest BCUT2D eigenvalue weighted by atomic mass is 10.00. The molecule has 4 heterocycles. The number of benzene rings is 1. The number of rotatable bonds is 8. The lowest BCUT2D eigenvalue weighted by Crippen LogP contribution is -2.12. The van der Waals surface area contributed by atoms with Crippen LogP contribution in [0.2, 0.25) is 0 Å². The van der Waals surface area contributed by atoms with Gasteiger partial charge >= 0.3 is 0 Å². The fraction of sp³-hybridized carbons (Fsp3) is 0.364. The van der Waals surface area contributed by atoms with E-state index in [-0.39, 0.29) is 0 Å². The number of H-pyrrole nitrogens is 4. The second-order valence-corrected chi connectivity index (χ2v) is 10.3. The van der Waals surface area contributed by atoms with Crippen molar-refractivity contribution < 1.29 is 0 Å². The molecule has 1 aromatic carbocycles. The minimum absolute atomic E-state index is 0.674. The minimum Gasteiger partial charge on any atom is -0.294 e. The van der Waals surface area contributed by atoms with Crippen LogP contribution in [0.5, 0.6) is 0 Å². The molecular formula is C22H27N5S3. The fourth-order valence-electron chi connectivity index (χ4n) is 4.20. The smallest absolute Gasteiger partial charge is 0.0923 e. The summed E-state index contributed by atoms with van der Waals surface area (Å²) in [6.45, 7) is 5.56. The molecule has 0 aliphatic rings. The van der Waals surface area contributed by atoms with E-state index in [0.29, 0.717) is 5.92 Å². The molecule has 0 saturated heterocycles. The monoisotopic (exact) mass is 457 g/mol. The molecule has 0 radical (unpaired) electrons. The molecule has 5 aromatic rings. The van der Waals surface area contributed by atoms with Crippen molar-refractivity contribution in [3.63, 3.8) is 0 Å². The first-order valence-corrected chi connectivity index (χ1v) is 13.2. The molecule has 0 fully saturated rings. The van der Waals surface area contributed by atoms with Crippen molar-refractivity contribution in [1.82, 2.24) is 23.7 Å². The van der Waals surface area contributed by atoms with Crippen LogP contribution in [0.1, 0.15) is 39.5 Å². The maximum Gasteiger partial charge on any atom is 0.0923 e. The first kappa shape index (κ1) is 19.8. The molecule has 30 heavy (non-hydrogen) atoms. The Morgan fingerprint density at radius 2 is 1.47 bits per heavy atom. The van der Waals surface area contributed by atoms with Gasteiger partial charge in [0.25, 0.3) is 0 Å². The third-order valence-electron chi connectivity index (χ3n) is 5.82. The molecule has 0 spiro atoms. The zero-order valence-corrected chi connectivity index (χ0v) is 19.7. The third kappa shape index (κ3) is 3.46. The molecule has 1 unspecified atom stereocenters. The van der Waals surface area contributed by atoms with Crippen LogP contribution >= 0.6 is 34.4 Å². The van der Waals surface area contributed by atoms with Crippen molar-refractivity contribution in [1.29, 1.82) is 0 Å². The molecule has 0 amide bonds. The minimum atomic E-state index is 0.674. The summed E-state index contributed by atoms with van der Waals surface area (Å²) in [6.07, 6.45) is 5.01. The third-order valence-corrected chi connectivity index (χ3v) is 8.21. The van der Waals surface area contributed by atoms with Gasteiger partial charge in [0.2, 0.25) is 0 Å². The summed E-state index contributed by atoms with van der Waals surface area (Å²) < 4.78 is 7.03. The summed E-state index contributed by atoms with van der Waals surface area (Å²) in [5.74, 6) is 0.674. The molecule has 0 bridgehead atoms. The Morgan fingerprint density at radius 3 is 1.93 bits per heavy atom. The van der Waals surface area contributed by atoms with Gasteiger partial charge in [-0.05, 0) is 35.2 Å². The van der Waals surface area contributed by atoms with E-state index in [0.717, 1.165) is 6.54 Å². The normalized spacial score (nSPS) is 12.9. The number of unbranched alkanes of at least 4 members (excludes halogenated alkanes) is 1. The Hall–Kier alpha value is -2.16. The van der Waals surface area contributed by atoms with Crippen LogP contribution in [0, 0.1) is 5.92 Å². The fourth-order valence-corrected chi connectivity index (χ4v) is 6.43. The van der Waals surface area contributed by atoms with Crippen LogP contribution in [0.15, 0.2) is 35.0 Å². The quantitative estimate of drug-likeness (QED) is 0.182. The van der Waals surface area contributed by atoms with Gasteiger partial charge in [-0.3, -0.25) is 18.9 Å². The van der Waals surface area contributed by atoms with E-state index in [1.165, 1.54) is 68.6 Å². The van der Waals surface area contributed by atoms with Crippen molar-refractivity contribution in [2.24, 2.45) is 5.92 Å². The van der Waals surface area contributed by atoms with E-state index in [1.807, 2.05) is 0 Å². The number of thiophene rings is 2. The predicted octanol–water partition coefficient (Wildman–Crippen LogP) is 7.97. The van der Waals surface area contributed by atoms with Crippen LogP contribution in [0.4, 0.5) is 0 Å². The van der Waals surface area contributed by atoms with Gasteiger partial charge in [-0.15, -0.1) is 22.7 Å². The molecule has 1 atom stereocenters. The Bertz CT molecular complexity index is 1170. The average molecular weight is 458 g/mol. The van der Waals surface area contributed by atoms with Crippen molar-refractivity contribution in [3.8, 4) is 20.9 Å². The summed E-state index contributed by atoms with van der Waals surface area (Å²) >= 11 is 5.10. The average Bonchev–Trinajstić information content (AvgIpc) is 3.55. The summed E-state index contributed by atoms with van der Waals surface area (Å²) in [6, 6.07) is 8.66. The molecule has 0 saturated carbocycles. The Labute approximate surface area is 187 Å². The highest BCUT2D eigenvalue weighted by molar-refractivity contribution is 7.14. The topological polar surface area (TPSA) is 68.1 Å². The molecule has 0 aliphatic heterocycles. The van der Waals surface area contributed by atoms with E-state index in [4.69, 9.17) is 0 Å². The van der Waals surface area contributed by atoms with Crippen LogP contribution in [0.3, 0.4) is 0 Å². The highest BCUT2D eigenvalue weighted by Gasteiger charge is 2.22. The molecule has 5 rings (SSSR count). The van der Waals surface area contributed by atoms with Gasteiger partial charge in [-0.2, -0.15) is 0 Å². The van der Waals surface area contributed by atoms with E-state index in [2.05, 4.69) is 72.6 Å². The molecular weight excluding hydrogens is 430 g/mol.